The summed E-state index contributed by atoms with van der Waals surface area (Å²) in [6.45, 7) is 3.55. The predicted molar refractivity (Wildman–Crippen MR) is 53.8 cm³/mol. The van der Waals surface area contributed by atoms with Gasteiger partial charge >= 0.3 is 0 Å². The molecule has 0 aromatic carbocycles. The largest absolute Gasteiger partial charge is 0.249 e. The van der Waals surface area contributed by atoms with Gasteiger partial charge in [0.1, 0.15) is 25.3 Å². The van der Waals surface area contributed by atoms with Crippen LogP contribution in [0.25, 0.3) is 0 Å². The first-order valence-corrected chi connectivity index (χ1v) is 4.65. The zero-order chi connectivity index (χ0) is 10.5. The summed E-state index contributed by atoms with van der Waals surface area (Å²) in [5, 5.41) is 8.04. The summed E-state index contributed by atoms with van der Waals surface area (Å²) >= 11 is 0. The standard InChI is InChI=1S/C9H12N6/c1-9(4-15-8-11-6-13-15)2-3-14-7-10-5-12-14/h2,5-8H,3-4H2,1H3/b9-2+. The Kier molecular flexibility index (Phi) is 2.87. The molecule has 0 aliphatic heterocycles. The second-order valence-electron chi connectivity index (χ2n) is 3.26. The molecule has 0 saturated carbocycles. The van der Waals surface area contributed by atoms with Crippen LogP contribution in [0.2, 0.25) is 0 Å². The van der Waals surface area contributed by atoms with Crippen LogP contribution in [0.4, 0.5) is 0 Å². The molecule has 0 bridgehead atoms. The van der Waals surface area contributed by atoms with Gasteiger partial charge in [0, 0.05) is 0 Å². The van der Waals surface area contributed by atoms with E-state index in [2.05, 4.69) is 33.2 Å². The Morgan fingerprint density at radius 3 is 2.40 bits per heavy atom. The zero-order valence-corrected chi connectivity index (χ0v) is 8.48. The van der Waals surface area contributed by atoms with E-state index in [4.69, 9.17) is 0 Å². The molecule has 0 aliphatic carbocycles. The first kappa shape index (κ1) is 9.57. The highest BCUT2D eigenvalue weighted by Crippen LogP contribution is 1.97. The van der Waals surface area contributed by atoms with Gasteiger partial charge in [0.2, 0.25) is 0 Å². The van der Waals surface area contributed by atoms with Gasteiger partial charge in [-0.05, 0) is 6.92 Å². The fourth-order valence-corrected chi connectivity index (χ4v) is 1.21. The SMILES string of the molecule is C/C(=C\Cn1cncn1)Cn1cncn1. The minimum absolute atomic E-state index is 0.737. The van der Waals surface area contributed by atoms with E-state index in [1.165, 1.54) is 18.2 Å². The van der Waals surface area contributed by atoms with Gasteiger partial charge in [-0.15, -0.1) is 0 Å². The van der Waals surface area contributed by atoms with Crippen molar-refractivity contribution >= 4 is 0 Å². The van der Waals surface area contributed by atoms with Crippen LogP contribution in [0.1, 0.15) is 6.92 Å². The van der Waals surface area contributed by atoms with Crippen molar-refractivity contribution in [2.45, 2.75) is 20.0 Å². The third-order valence-corrected chi connectivity index (χ3v) is 1.97. The number of allylic oxidation sites excluding steroid dienone is 2. The van der Waals surface area contributed by atoms with Crippen LogP contribution in [0, 0.1) is 0 Å². The average molecular weight is 204 g/mol. The third-order valence-electron chi connectivity index (χ3n) is 1.97. The Bertz CT molecular complexity index is 413. The molecule has 2 rings (SSSR count). The molecular formula is C9H12N6. The Morgan fingerprint density at radius 1 is 1.13 bits per heavy atom. The fourth-order valence-electron chi connectivity index (χ4n) is 1.21. The van der Waals surface area contributed by atoms with Crippen LogP contribution in [-0.2, 0) is 13.1 Å². The number of rotatable bonds is 4. The van der Waals surface area contributed by atoms with Crippen molar-refractivity contribution in [2.24, 2.45) is 0 Å². The molecule has 0 atom stereocenters. The molecule has 0 radical (unpaired) electrons. The molecule has 0 unspecified atom stereocenters. The van der Waals surface area contributed by atoms with Crippen molar-refractivity contribution < 1.29 is 0 Å². The average Bonchev–Trinajstić information content (AvgIpc) is 2.86. The van der Waals surface area contributed by atoms with Crippen LogP contribution >= 0.6 is 0 Å². The highest BCUT2D eigenvalue weighted by atomic mass is 15.3. The summed E-state index contributed by atoms with van der Waals surface area (Å²) in [5.74, 6) is 0. The van der Waals surface area contributed by atoms with Gasteiger partial charge in [0.05, 0.1) is 13.1 Å². The smallest absolute Gasteiger partial charge is 0.137 e. The summed E-state index contributed by atoms with van der Waals surface area (Å²) in [5.41, 5.74) is 1.22. The van der Waals surface area contributed by atoms with E-state index in [-0.39, 0.29) is 0 Å². The third kappa shape index (κ3) is 2.73. The lowest BCUT2D eigenvalue weighted by Crippen LogP contribution is -2.01. The van der Waals surface area contributed by atoms with Gasteiger partial charge < -0.3 is 0 Å². The van der Waals surface area contributed by atoms with Gasteiger partial charge in [0.25, 0.3) is 0 Å². The van der Waals surface area contributed by atoms with Crippen LogP contribution in [0.5, 0.6) is 0 Å². The van der Waals surface area contributed by atoms with Crippen molar-refractivity contribution in [3.8, 4) is 0 Å². The number of hydrogen-bond donors (Lipinski definition) is 0. The second-order valence-corrected chi connectivity index (χ2v) is 3.26. The van der Waals surface area contributed by atoms with E-state index < -0.39 is 0 Å². The molecule has 15 heavy (non-hydrogen) atoms. The van der Waals surface area contributed by atoms with Gasteiger partial charge in [-0.2, -0.15) is 10.2 Å². The first-order chi connectivity index (χ1) is 7.34. The topological polar surface area (TPSA) is 61.4 Å². The fraction of sp³-hybridized carbons (Fsp3) is 0.333. The zero-order valence-electron chi connectivity index (χ0n) is 8.48. The van der Waals surface area contributed by atoms with Gasteiger partial charge in [0.15, 0.2) is 0 Å². The molecule has 2 heterocycles. The molecule has 6 nitrogen and oxygen atoms in total. The summed E-state index contributed by atoms with van der Waals surface area (Å²) in [4.78, 5) is 7.75. The van der Waals surface area contributed by atoms with Gasteiger partial charge in [-0.25, -0.2) is 19.3 Å². The van der Waals surface area contributed by atoms with Crippen LogP contribution in [0.3, 0.4) is 0 Å². The molecule has 0 fully saturated rings. The molecule has 0 saturated heterocycles. The Balaban J connectivity index is 1.90. The summed E-state index contributed by atoms with van der Waals surface area (Å²) < 4.78 is 3.55. The monoisotopic (exact) mass is 204 g/mol. The number of hydrogen-bond acceptors (Lipinski definition) is 4. The number of aromatic nitrogens is 6. The van der Waals surface area contributed by atoms with Crippen molar-refractivity contribution in [1.29, 1.82) is 0 Å². The molecule has 0 N–H and O–H groups in total. The summed E-state index contributed by atoms with van der Waals surface area (Å²) in [6.07, 6.45) is 8.55. The molecular weight excluding hydrogens is 192 g/mol. The van der Waals surface area contributed by atoms with Gasteiger partial charge in [-0.3, -0.25) is 0 Å². The first-order valence-electron chi connectivity index (χ1n) is 4.65. The van der Waals surface area contributed by atoms with E-state index >= 15 is 0 Å². The van der Waals surface area contributed by atoms with E-state index in [1.807, 2.05) is 0 Å². The maximum Gasteiger partial charge on any atom is 0.137 e. The van der Waals surface area contributed by atoms with E-state index in [0.29, 0.717) is 0 Å². The molecule has 0 amide bonds. The van der Waals surface area contributed by atoms with Crippen LogP contribution in [0.15, 0.2) is 37.0 Å². The molecule has 6 heteroatoms. The normalized spacial score (nSPS) is 11.9. The minimum atomic E-state index is 0.737. The van der Waals surface area contributed by atoms with Gasteiger partial charge in [-0.1, -0.05) is 11.6 Å². The minimum Gasteiger partial charge on any atom is -0.249 e. The predicted octanol–water partition coefficient (Wildman–Crippen LogP) is 0.516. The number of nitrogens with zero attached hydrogens (tertiary/aromatic N) is 6. The van der Waals surface area contributed by atoms with Crippen molar-refractivity contribution in [2.75, 3.05) is 0 Å². The molecule has 0 spiro atoms. The van der Waals surface area contributed by atoms with Crippen molar-refractivity contribution in [3.05, 3.63) is 37.0 Å². The maximum absolute atomic E-state index is 4.03. The Hall–Kier alpha value is -1.98. The van der Waals surface area contributed by atoms with E-state index in [9.17, 15) is 0 Å². The second kappa shape index (κ2) is 4.50. The van der Waals surface area contributed by atoms with Crippen molar-refractivity contribution in [3.63, 3.8) is 0 Å². The highest BCUT2D eigenvalue weighted by Gasteiger charge is 1.93. The summed E-state index contributed by atoms with van der Waals surface area (Å²) in [7, 11) is 0. The Labute approximate surface area is 87.3 Å². The molecule has 0 aliphatic rings. The van der Waals surface area contributed by atoms with E-state index in [1.54, 1.807) is 22.0 Å². The lowest BCUT2D eigenvalue weighted by molar-refractivity contribution is 0.656. The van der Waals surface area contributed by atoms with Crippen LogP contribution in [-0.4, -0.2) is 29.5 Å². The highest BCUT2D eigenvalue weighted by molar-refractivity contribution is 4.97. The quantitative estimate of drug-likeness (QED) is 0.681. The molecule has 2 aromatic heterocycles. The lowest BCUT2D eigenvalue weighted by Gasteiger charge is -2.01. The van der Waals surface area contributed by atoms with Crippen LogP contribution < -0.4 is 0 Å². The summed E-state index contributed by atoms with van der Waals surface area (Å²) in [6, 6.07) is 0. The van der Waals surface area contributed by atoms with Crippen molar-refractivity contribution in [1.82, 2.24) is 29.5 Å². The lowest BCUT2D eigenvalue weighted by atomic mass is 10.3. The molecule has 2 aromatic rings. The molecule has 78 valence electrons. The maximum atomic E-state index is 4.03. The van der Waals surface area contributed by atoms with E-state index in [0.717, 1.165) is 13.1 Å². The Morgan fingerprint density at radius 2 is 1.80 bits per heavy atom.